The molecular weight excluding hydrogens is 314 g/mol. The van der Waals surface area contributed by atoms with Crippen molar-refractivity contribution in [1.29, 1.82) is 0 Å². The van der Waals surface area contributed by atoms with E-state index >= 15 is 0 Å². The summed E-state index contributed by atoms with van der Waals surface area (Å²) in [4.78, 5) is 18.2. The van der Waals surface area contributed by atoms with Crippen molar-refractivity contribution in [1.82, 2.24) is 25.0 Å². The highest BCUT2D eigenvalue weighted by Crippen LogP contribution is 2.28. The maximum absolute atomic E-state index is 12.5. The summed E-state index contributed by atoms with van der Waals surface area (Å²) < 4.78 is 1.65. The molecule has 0 aliphatic heterocycles. The van der Waals surface area contributed by atoms with Gasteiger partial charge >= 0.3 is 6.03 Å². The van der Waals surface area contributed by atoms with Gasteiger partial charge in [-0.05, 0) is 17.5 Å². The van der Waals surface area contributed by atoms with Crippen molar-refractivity contribution in [2.45, 2.75) is 26.4 Å². The van der Waals surface area contributed by atoms with Gasteiger partial charge in [0.05, 0.1) is 12.6 Å². The van der Waals surface area contributed by atoms with Gasteiger partial charge in [-0.15, -0.1) is 0 Å². The Bertz CT molecular complexity index is 670. The Balaban J connectivity index is 2.09. The van der Waals surface area contributed by atoms with Crippen LogP contribution in [0.5, 0.6) is 0 Å². The third-order valence-corrected chi connectivity index (χ3v) is 4.06. The molecule has 0 bridgehead atoms. The van der Waals surface area contributed by atoms with Gasteiger partial charge in [-0.25, -0.2) is 9.78 Å². The van der Waals surface area contributed by atoms with Crippen LogP contribution in [0.3, 0.4) is 0 Å². The van der Waals surface area contributed by atoms with Crippen molar-refractivity contribution in [3.8, 4) is 0 Å². The molecule has 0 aliphatic rings. The summed E-state index contributed by atoms with van der Waals surface area (Å²) in [6.07, 6.45) is 1.47. The smallest absolute Gasteiger partial charge is 0.318 e. The fourth-order valence-corrected chi connectivity index (χ4v) is 2.57. The number of hydrogen-bond acceptors (Lipinski definition) is 3. The first-order valence-corrected chi connectivity index (χ1v) is 7.87. The average molecular weight is 336 g/mol. The number of halogens is 1. The van der Waals surface area contributed by atoms with Crippen LogP contribution in [0, 0.1) is 5.92 Å². The maximum Gasteiger partial charge on any atom is 0.318 e. The lowest BCUT2D eigenvalue weighted by atomic mass is 9.96. The highest BCUT2D eigenvalue weighted by molar-refractivity contribution is 6.31. The van der Waals surface area contributed by atoms with Crippen LogP contribution >= 0.6 is 11.6 Å². The highest BCUT2D eigenvalue weighted by Gasteiger charge is 2.22. The van der Waals surface area contributed by atoms with Crippen molar-refractivity contribution in [2.75, 3.05) is 7.05 Å². The number of rotatable bonds is 5. The van der Waals surface area contributed by atoms with Crippen LogP contribution in [0.1, 0.15) is 31.3 Å². The van der Waals surface area contributed by atoms with Gasteiger partial charge in [0.1, 0.15) is 12.2 Å². The van der Waals surface area contributed by atoms with Gasteiger partial charge in [0.25, 0.3) is 0 Å². The van der Waals surface area contributed by atoms with E-state index in [9.17, 15) is 4.79 Å². The predicted octanol–water partition coefficient (Wildman–Crippen LogP) is 3.01. The first kappa shape index (κ1) is 17.3. The number of carbonyl (C=O) groups excluding carboxylic acids is 1. The molecule has 1 aromatic carbocycles. The largest absolute Gasteiger partial charge is 0.331 e. The molecule has 0 spiro atoms. The second-order valence-corrected chi connectivity index (χ2v) is 6.26. The molecule has 0 saturated heterocycles. The predicted molar refractivity (Wildman–Crippen MR) is 90.0 cm³/mol. The Morgan fingerprint density at radius 3 is 2.65 bits per heavy atom. The number of carbonyl (C=O) groups is 1. The quantitative estimate of drug-likeness (QED) is 0.913. The SMILES string of the molecule is CC(C)[C@H](NC(=O)N(C)Cc1ncnn1C)c1ccccc1Cl. The highest BCUT2D eigenvalue weighted by atomic mass is 35.5. The molecule has 1 heterocycles. The van der Waals surface area contributed by atoms with E-state index in [1.807, 2.05) is 24.3 Å². The van der Waals surface area contributed by atoms with Gasteiger partial charge in [0, 0.05) is 19.1 Å². The maximum atomic E-state index is 12.5. The number of amides is 2. The molecule has 23 heavy (non-hydrogen) atoms. The Labute approximate surface area is 141 Å². The third-order valence-electron chi connectivity index (χ3n) is 3.72. The molecule has 2 rings (SSSR count). The lowest BCUT2D eigenvalue weighted by Crippen LogP contribution is -2.41. The van der Waals surface area contributed by atoms with Crippen molar-refractivity contribution in [2.24, 2.45) is 13.0 Å². The van der Waals surface area contributed by atoms with Crippen LogP contribution in [0.4, 0.5) is 4.79 Å². The average Bonchev–Trinajstić information content (AvgIpc) is 2.90. The summed E-state index contributed by atoms with van der Waals surface area (Å²) in [6.45, 7) is 4.49. The Hall–Kier alpha value is -2.08. The Kier molecular flexibility index (Phi) is 5.60. The number of aryl methyl sites for hydroxylation is 1. The summed E-state index contributed by atoms with van der Waals surface area (Å²) in [5, 5.41) is 7.71. The standard InChI is InChI=1S/C16H22ClN5O/c1-11(2)15(12-7-5-6-8-13(12)17)20-16(23)21(3)9-14-18-10-19-22(14)4/h5-8,10-11,15H,9H2,1-4H3,(H,20,23)/t15-/m0/s1. The fourth-order valence-electron chi connectivity index (χ4n) is 2.32. The molecular formula is C16H22ClN5O. The molecule has 2 amide bonds. The molecule has 0 aliphatic carbocycles. The zero-order valence-electron chi connectivity index (χ0n) is 13.8. The van der Waals surface area contributed by atoms with Gasteiger partial charge in [-0.3, -0.25) is 4.68 Å². The topological polar surface area (TPSA) is 63.1 Å². The molecule has 0 unspecified atom stereocenters. The third kappa shape index (κ3) is 4.22. The van der Waals surface area contributed by atoms with Gasteiger partial charge in [0.2, 0.25) is 0 Å². The van der Waals surface area contributed by atoms with E-state index in [0.29, 0.717) is 11.6 Å². The number of aromatic nitrogens is 3. The number of benzene rings is 1. The van der Waals surface area contributed by atoms with E-state index in [4.69, 9.17) is 11.6 Å². The van der Waals surface area contributed by atoms with Gasteiger partial charge < -0.3 is 10.2 Å². The summed E-state index contributed by atoms with van der Waals surface area (Å²) in [5.74, 6) is 0.934. The van der Waals surface area contributed by atoms with Crippen LogP contribution in [-0.4, -0.2) is 32.7 Å². The summed E-state index contributed by atoms with van der Waals surface area (Å²) in [5.41, 5.74) is 0.921. The van der Waals surface area contributed by atoms with E-state index in [-0.39, 0.29) is 18.0 Å². The number of hydrogen-bond donors (Lipinski definition) is 1. The van der Waals surface area contributed by atoms with Crippen LogP contribution < -0.4 is 5.32 Å². The normalized spacial score (nSPS) is 12.3. The first-order valence-electron chi connectivity index (χ1n) is 7.49. The van der Waals surface area contributed by atoms with Gasteiger partial charge in [-0.1, -0.05) is 43.6 Å². The second-order valence-electron chi connectivity index (χ2n) is 5.85. The monoisotopic (exact) mass is 335 g/mol. The molecule has 0 radical (unpaired) electrons. The van der Waals surface area contributed by atoms with Crippen molar-refractivity contribution in [3.05, 3.63) is 47.0 Å². The lowest BCUT2D eigenvalue weighted by molar-refractivity contribution is 0.197. The lowest BCUT2D eigenvalue weighted by Gasteiger charge is -2.27. The molecule has 0 saturated carbocycles. The van der Waals surface area contributed by atoms with Crippen LogP contribution in [0.25, 0.3) is 0 Å². The van der Waals surface area contributed by atoms with Crippen molar-refractivity contribution >= 4 is 17.6 Å². The number of nitrogens with zero attached hydrogens (tertiary/aromatic N) is 4. The van der Waals surface area contributed by atoms with Crippen molar-refractivity contribution in [3.63, 3.8) is 0 Å². The molecule has 124 valence electrons. The van der Waals surface area contributed by atoms with E-state index in [2.05, 4.69) is 29.2 Å². The minimum atomic E-state index is -0.174. The summed E-state index contributed by atoms with van der Waals surface area (Å²) in [6, 6.07) is 7.25. The summed E-state index contributed by atoms with van der Waals surface area (Å²) >= 11 is 6.28. The van der Waals surface area contributed by atoms with E-state index in [0.717, 1.165) is 11.4 Å². The van der Waals surface area contributed by atoms with Crippen LogP contribution in [-0.2, 0) is 13.6 Å². The minimum absolute atomic E-state index is 0.154. The molecule has 1 atom stereocenters. The second kappa shape index (κ2) is 7.46. The summed E-state index contributed by atoms with van der Waals surface area (Å²) in [7, 11) is 3.53. The zero-order chi connectivity index (χ0) is 17.0. The van der Waals surface area contributed by atoms with E-state index < -0.39 is 0 Å². The fraction of sp³-hybridized carbons (Fsp3) is 0.438. The van der Waals surface area contributed by atoms with Crippen LogP contribution in [0.15, 0.2) is 30.6 Å². The Morgan fingerprint density at radius 2 is 2.09 bits per heavy atom. The molecule has 7 heteroatoms. The van der Waals surface area contributed by atoms with E-state index in [1.54, 1.807) is 23.7 Å². The van der Waals surface area contributed by atoms with Crippen LogP contribution in [0.2, 0.25) is 5.02 Å². The zero-order valence-corrected chi connectivity index (χ0v) is 14.6. The van der Waals surface area contributed by atoms with Crippen molar-refractivity contribution < 1.29 is 4.79 Å². The molecule has 1 N–H and O–H groups in total. The van der Waals surface area contributed by atoms with Gasteiger partial charge in [0.15, 0.2) is 0 Å². The molecule has 0 fully saturated rings. The number of nitrogens with one attached hydrogen (secondary N) is 1. The molecule has 2 aromatic rings. The van der Waals surface area contributed by atoms with Gasteiger partial charge in [-0.2, -0.15) is 5.10 Å². The molecule has 6 nitrogen and oxygen atoms in total. The molecule has 1 aromatic heterocycles. The number of urea groups is 1. The minimum Gasteiger partial charge on any atom is -0.331 e. The first-order chi connectivity index (χ1) is 10.9. The van der Waals surface area contributed by atoms with E-state index in [1.165, 1.54) is 6.33 Å². The Morgan fingerprint density at radius 1 is 1.39 bits per heavy atom.